The van der Waals surface area contributed by atoms with Crippen LogP contribution < -0.4 is 5.32 Å². The second-order valence-electron chi connectivity index (χ2n) is 7.24. The zero-order valence-corrected chi connectivity index (χ0v) is 20.1. The number of nitrogens with zero attached hydrogens (tertiary/aromatic N) is 4. The molecule has 1 saturated heterocycles. The third-order valence-electron chi connectivity index (χ3n) is 4.96. The first-order valence-corrected chi connectivity index (χ1v) is 10.4. The molecular weight excluding hydrogens is 493 g/mol. The smallest absolute Gasteiger partial charge is 0.310 e. The number of esters is 1. The monoisotopic (exact) mass is 525 g/mol. The molecule has 1 atom stereocenters. The SMILES string of the molecule is CCNC(=NCc1cnn(Cc2ccccc2)c1)N1CCCC(C(=O)OCC)C1.I. The summed E-state index contributed by atoms with van der Waals surface area (Å²) in [6.07, 6.45) is 5.75. The van der Waals surface area contributed by atoms with Gasteiger partial charge in [-0.15, -0.1) is 24.0 Å². The Hall–Kier alpha value is -2.10. The Balaban J connectivity index is 0.00000320. The number of aliphatic imine (C=N–C) groups is 1. The summed E-state index contributed by atoms with van der Waals surface area (Å²) in [6.45, 7) is 7.97. The molecule has 1 fully saturated rings. The van der Waals surface area contributed by atoms with Gasteiger partial charge >= 0.3 is 5.97 Å². The van der Waals surface area contributed by atoms with E-state index in [0.29, 0.717) is 19.7 Å². The predicted molar refractivity (Wildman–Crippen MR) is 129 cm³/mol. The van der Waals surface area contributed by atoms with Crippen LogP contribution in [0.15, 0.2) is 47.7 Å². The summed E-state index contributed by atoms with van der Waals surface area (Å²) in [5.74, 6) is 0.661. The van der Waals surface area contributed by atoms with Crippen molar-refractivity contribution in [2.45, 2.75) is 39.8 Å². The molecule has 0 spiro atoms. The maximum Gasteiger partial charge on any atom is 0.310 e. The molecule has 1 aliphatic rings. The van der Waals surface area contributed by atoms with Crippen molar-refractivity contribution in [2.75, 3.05) is 26.2 Å². The number of carbonyl (C=O) groups is 1. The van der Waals surface area contributed by atoms with Crippen LogP contribution in [0.25, 0.3) is 0 Å². The average Bonchev–Trinajstić information content (AvgIpc) is 3.19. The Kier molecular flexibility index (Phi) is 10.1. The molecule has 0 saturated carbocycles. The first kappa shape index (κ1) is 24.2. The number of likely N-dealkylation sites (tertiary alicyclic amines) is 1. The van der Waals surface area contributed by atoms with Crippen molar-refractivity contribution in [1.82, 2.24) is 20.0 Å². The third kappa shape index (κ3) is 7.00. The number of aromatic nitrogens is 2. The Morgan fingerprint density at radius 3 is 2.80 bits per heavy atom. The highest BCUT2D eigenvalue weighted by Gasteiger charge is 2.28. The molecule has 1 unspecified atom stereocenters. The standard InChI is InChI=1S/C22H31N5O2.HI/c1-3-23-22(26-12-8-11-20(17-26)21(28)29-4-2)24-13-19-14-25-27(16-19)15-18-9-6-5-7-10-18;/h5-7,9-10,14,16,20H,3-4,8,11-13,15,17H2,1-2H3,(H,23,24);1H. The fourth-order valence-corrected chi connectivity index (χ4v) is 3.56. The molecule has 3 rings (SSSR count). The minimum Gasteiger partial charge on any atom is -0.466 e. The predicted octanol–water partition coefficient (Wildman–Crippen LogP) is 3.29. The quantitative estimate of drug-likeness (QED) is 0.260. The lowest BCUT2D eigenvalue weighted by Crippen LogP contribution is -2.48. The maximum absolute atomic E-state index is 12.1. The molecule has 1 aromatic heterocycles. The zero-order valence-electron chi connectivity index (χ0n) is 17.8. The van der Waals surface area contributed by atoms with Gasteiger partial charge < -0.3 is 15.0 Å². The van der Waals surface area contributed by atoms with Crippen LogP contribution in [0.3, 0.4) is 0 Å². The van der Waals surface area contributed by atoms with E-state index < -0.39 is 0 Å². The Morgan fingerprint density at radius 2 is 2.07 bits per heavy atom. The van der Waals surface area contributed by atoms with Gasteiger partial charge in [-0.05, 0) is 32.3 Å². The number of nitrogens with one attached hydrogen (secondary N) is 1. The number of halogens is 1. The molecule has 8 heteroatoms. The highest BCUT2D eigenvalue weighted by molar-refractivity contribution is 14.0. The number of rotatable bonds is 7. The Labute approximate surface area is 195 Å². The number of piperidine rings is 1. The first-order chi connectivity index (χ1) is 14.2. The van der Waals surface area contributed by atoms with Gasteiger partial charge in [-0.1, -0.05) is 30.3 Å². The van der Waals surface area contributed by atoms with Gasteiger partial charge in [-0.3, -0.25) is 9.48 Å². The number of benzene rings is 1. The molecule has 1 aromatic carbocycles. The van der Waals surface area contributed by atoms with E-state index in [1.807, 2.05) is 42.2 Å². The lowest BCUT2D eigenvalue weighted by molar-refractivity contribution is -0.149. The summed E-state index contributed by atoms with van der Waals surface area (Å²) in [5.41, 5.74) is 2.28. The summed E-state index contributed by atoms with van der Waals surface area (Å²) in [7, 11) is 0. The van der Waals surface area contributed by atoms with E-state index in [0.717, 1.165) is 44.0 Å². The van der Waals surface area contributed by atoms with Gasteiger partial charge in [0.25, 0.3) is 0 Å². The van der Waals surface area contributed by atoms with Gasteiger partial charge in [0.2, 0.25) is 0 Å². The second-order valence-corrected chi connectivity index (χ2v) is 7.24. The zero-order chi connectivity index (χ0) is 20.5. The highest BCUT2D eigenvalue weighted by Crippen LogP contribution is 2.18. The van der Waals surface area contributed by atoms with Crippen molar-refractivity contribution in [3.8, 4) is 0 Å². The molecule has 2 heterocycles. The van der Waals surface area contributed by atoms with E-state index in [4.69, 9.17) is 9.73 Å². The van der Waals surface area contributed by atoms with E-state index in [9.17, 15) is 4.79 Å². The van der Waals surface area contributed by atoms with Crippen LogP contribution in [0.1, 0.15) is 37.8 Å². The van der Waals surface area contributed by atoms with Gasteiger partial charge in [0.1, 0.15) is 0 Å². The summed E-state index contributed by atoms with van der Waals surface area (Å²) in [4.78, 5) is 19.1. The fourth-order valence-electron chi connectivity index (χ4n) is 3.56. The van der Waals surface area contributed by atoms with E-state index >= 15 is 0 Å². The summed E-state index contributed by atoms with van der Waals surface area (Å²) >= 11 is 0. The van der Waals surface area contributed by atoms with Crippen LogP contribution in [0, 0.1) is 5.92 Å². The van der Waals surface area contributed by atoms with Crippen LogP contribution >= 0.6 is 24.0 Å². The van der Waals surface area contributed by atoms with Gasteiger partial charge in [0.05, 0.1) is 31.8 Å². The van der Waals surface area contributed by atoms with E-state index in [-0.39, 0.29) is 35.9 Å². The van der Waals surface area contributed by atoms with Crippen LogP contribution in [0.2, 0.25) is 0 Å². The second kappa shape index (κ2) is 12.6. The molecule has 1 N–H and O–H groups in total. The van der Waals surface area contributed by atoms with Gasteiger partial charge in [0.15, 0.2) is 5.96 Å². The normalized spacial score (nSPS) is 16.7. The summed E-state index contributed by atoms with van der Waals surface area (Å²) < 4.78 is 7.15. The van der Waals surface area contributed by atoms with Gasteiger partial charge in [-0.2, -0.15) is 5.10 Å². The molecule has 164 valence electrons. The molecule has 7 nitrogen and oxygen atoms in total. The maximum atomic E-state index is 12.1. The van der Waals surface area contributed by atoms with Crippen LogP contribution in [0.5, 0.6) is 0 Å². The number of hydrogen-bond acceptors (Lipinski definition) is 4. The molecule has 2 aromatic rings. The minimum atomic E-state index is -0.102. The molecule has 30 heavy (non-hydrogen) atoms. The van der Waals surface area contributed by atoms with Crippen molar-refractivity contribution in [3.63, 3.8) is 0 Å². The third-order valence-corrected chi connectivity index (χ3v) is 4.96. The van der Waals surface area contributed by atoms with Crippen molar-refractivity contribution in [3.05, 3.63) is 53.9 Å². The van der Waals surface area contributed by atoms with Gasteiger partial charge in [-0.25, -0.2) is 4.99 Å². The number of ether oxygens (including phenoxy) is 1. The number of carbonyl (C=O) groups excluding carboxylic acids is 1. The van der Waals surface area contributed by atoms with Crippen molar-refractivity contribution in [2.24, 2.45) is 10.9 Å². The lowest BCUT2D eigenvalue weighted by Gasteiger charge is -2.34. The minimum absolute atomic E-state index is 0. The van der Waals surface area contributed by atoms with Gasteiger partial charge in [0, 0.05) is 31.4 Å². The lowest BCUT2D eigenvalue weighted by atomic mass is 9.98. The highest BCUT2D eigenvalue weighted by atomic mass is 127. The molecule has 0 aliphatic carbocycles. The molecular formula is C22H32IN5O2. The molecule has 0 amide bonds. The summed E-state index contributed by atoms with van der Waals surface area (Å²) in [6, 6.07) is 10.3. The fraction of sp³-hybridized carbons (Fsp3) is 0.500. The number of guanidine groups is 1. The average molecular weight is 525 g/mol. The molecule has 1 aliphatic heterocycles. The van der Waals surface area contributed by atoms with Crippen molar-refractivity contribution in [1.29, 1.82) is 0 Å². The van der Waals surface area contributed by atoms with Crippen molar-refractivity contribution >= 4 is 35.9 Å². The van der Waals surface area contributed by atoms with Crippen molar-refractivity contribution < 1.29 is 9.53 Å². The van der Waals surface area contributed by atoms with E-state index in [2.05, 4.69) is 34.4 Å². The Morgan fingerprint density at radius 1 is 1.27 bits per heavy atom. The van der Waals surface area contributed by atoms with Crippen LogP contribution in [-0.2, 0) is 22.6 Å². The molecule has 0 bridgehead atoms. The Bertz CT molecular complexity index is 809. The molecule has 0 radical (unpaired) electrons. The van der Waals surface area contributed by atoms with E-state index in [1.165, 1.54) is 5.56 Å². The largest absolute Gasteiger partial charge is 0.466 e. The number of hydrogen-bond donors (Lipinski definition) is 1. The van der Waals surface area contributed by atoms with Crippen LogP contribution in [-0.4, -0.2) is 52.9 Å². The van der Waals surface area contributed by atoms with E-state index in [1.54, 1.807) is 0 Å². The topological polar surface area (TPSA) is 71.8 Å². The summed E-state index contributed by atoms with van der Waals surface area (Å²) in [5, 5.41) is 7.81. The van der Waals surface area contributed by atoms with Crippen LogP contribution in [0.4, 0.5) is 0 Å². The first-order valence-electron chi connectivity index (χ1n) is 10.4.